The molecule has 1 saturated heterocycles. The van der Waals surface area contributed by atoms with Gasteiger partial charge >= 0.3 is 0 Å². The van der Waals surface area contributed by atoms with Crippen molar-refractivity contribution in [2.75, 3.05) is 6.54 Å². The van der Waals surface area contributed by atoms with Crippen LogP contribution in [0.4, 0.5) is 0 Å². The lowest BCUT2D eigenvalue weighted by molar-refractivity contribution is 0.0917. The molecule has 0 aromatic heterocycles. The van der Waals surface area contributed by atoms with Crippen molar-refractivity contribution in [1.82, 2.24) is 10.6 Å². The standard InChI is InChI=1S/C13H17BrN2O2.ClH/c1-8-11(3-2-6-15-8)16-13(18)10-7-9(14)4-5-12(10)17;/h4-5,7-8,11,15,17H,2-3,6H2,1H3,(H,16,18);1H. The second kappa shape index (κ2) is 7.12. The zero-order chi connectivity index (χ0) is 13.1. The topological polar surface area (TPSA) is 61.4 Å². The minimum Gasteiger partial charge on any atom is -0.507 e. The minimum atomic E-state index is -0.227. The van der Waals surface area contributed by atoms with Crippen molar-refractivity contribution in [3.63, 3.8) is 0 Å². The van der Waals surface area contributed by atoms with Crippen molar-refractivity contribution in [2.24, 2.45) is 0 Å². The molecule has 1 aliphatic heterocycles. The highest BCUT2D eigenvalue weighted by Crippen LogP contribution is 2.22. The fourth-order valence-electron chi connectivity index (χ4n) is 2.18. The molecule has 19 heavy (non-hydrogen) atoms. The van der Waals surface area contributed by atoms with Gasteiger partial charge in [-0.25, -0.2) is 0 Å². The molecule has 0 bridgehead atoms. The normalized spacial score (nSPS) is 22.4. The van der Waals surface area contributed by atoms with E-state index in [1.54, 1.807) is 12.1 Å². The molecule has 1 heterocycles. The molecule has 0 radical (unpaired) electrons. The maximum atomic E-state index is 12.1. The first kappa shape index (κ1) is 16.3. The summed E-state index contributed by atoms with van der Waals surface area (Å²) in [5, 5.41) is 16.0. The number of piperidine rings is 1. The average molecular weight is 350 g/mol. The van der Waals surface area contributed by atoms with Gasteiger partial charge in [0.2, 0.25) is 0 Å². The monoisotopic (exact) mass is 348 g/mol. The smallest absolute Gasteiger partial charge is 0.255 e. The molecule has 1 amide bonds. The number of aromatic hydroxyl groups is 1. The first-order chi connectivity index (χ1) is 8.58. The third kappa shape index (κ3) is 4.09. The van der Waals surface area contributed by atoms with E-state index in [-0.39, 0.29) is 36.1 Å². The number of phenols is 1. The van der Waals surface area contributed by atoms with Gasteiger partial charge in [0.05, 0.1) is 5.56 Å². The van der Waals surface area contributed by atoms with Gasteiger partial charge in [0, 0.05) is 16.6 Å². The molecule has 0 aliphatic carbocycles. The lowest BCUT2D eigenvalue weighted by Gasteiger charge is -2.30. The number of carbonyl (C=O) groups excluding carboxylic acids is 1. The molecule has 2 atom stereocenters. The van der Waals surface area contributed by atoms with Crippen molar-refractivity contribution in [3.05, 3.63) is 28.2 Å². The van der Waals surface area contributed by atoms with E-state index in [0.29, 0.717) is 5.56 Å². The van der Waals surface area contributed by atoms with Gasteiger partial charge in [-0.2, -0.15) is 0 Å². The molecule has 0 saturated carbocycles. The number of benzene rings is 1. The molecule has 4 nitrogen and oxygen atoms in total. The van der Waals surface area contributed by atoms with Crippen molar-refractivity contribution >= 4 is 34.2 Å². The number of carbonyl (C=O) groups is 1. The maximum Gasteiger partial charge on any atom is 0.255 e. The quantitative estimate of drug-likeness (QED) is 0.768. The van der Waals surface area contributed by atoms with Gasteiger partial charge in [0.15, 0.2) is 0 Å². The Morgan fingerprint density at radius 3 is 2.95 bits per heavy atom. The highest BCUT2D eigenvalue weighted by molar-refractivity contribution is 9.10. The summed E-state index contributed by atoms with van der Waals surface area (Å²) in [5.74, 6) is -0.221. The Bertz CT molecular complexity index is 456. The van der Waals surface area contributed by atoms with E-state index in [1.807, 2.05) is 0 Å². The van der Waals surface area contributed by atoms with Crippen LogP contribution in [0.5, 0.6) is 5.75 Å². The summed E-state index contributed by atoms with van der Waals surface area (Å²) in [4.78, 5) is 12.1. The molecule has 6 heteroatoms. The van der Waals surface area contributed by atoms with E-state index in [2.05, 4.69) is 33.5 Å². The molecule has 1 aromatic carbocycles. The second-order valence-corrected chi connectivity index (χ2v) is 5.54. The van der Waals surface area contributed by atoms with Crippen LogP contribution < -0.4 is 10.6 Å². The average Bonchev–Trinajstić information content (AvgIpc) is 2.35. The van der Waals surface area contributed by atoms with Crippen molar-refractivity contribution < 1.29 is 9.90 Å². The Labute approximate surface area is 127 Å². The van der Waals surface area contributed by atoms with Gasteiger partial charge in [0.1, 0.15) is 5.75 Å². The number of hydrogen-bond acceptors (Lipinski definition) is 3. The fourth-order valence-corrected chi connectivity index (χ4v) is 2.54. The molecule has 2 rings (SSSR count). The van der Waals surface area contributed by atoms with Crippen molar-refractivity contribution in [3.8, 4) is 5.75 Å². The van der Waals surface area contributed by atoms with E-state index < -0.39 is 0 Å². The molecule has 1 aromatic rings. The molecular weight excluding hydrogens is 332 g/mol. The number of amides is 1. The highest BCUT2D eigenvalue weighted by Gasteiger charge is 2.23. The molecule has 106 valence electrons. The van der Waals surface area contributed by atoms with Crippen LogP contribution in [0.3, 0.4) is 0 Å². The second-order valence-electron chi connectivity index (χ2n) is 4.63. The van der Waals surface area contributed by atoms with Gasteiger partial charge in [0.25, 0.3) is 5.91 Å². The summed E-state index contributed by atoms with van der Waals surface area (Å²) in [6.45, 7) is 3.06. The predicted octanol–water partition coefficient (Wildman–Crippen LogP) is 2.45. The van der Waals surface area contributed by atoms with E-state index in [1.165, 1.54) is 6.07 Å². The van der Waals surface area contributed by atoms with E-state index in [4.69, 9.17) is 0 Å². The molecule has 3 N–H and O–H groups in total. The van der Waals surface area contributed by atoms with E-state index in [0.717, 1.165) is 23.9 Å². The van der Waals surface area contributed by atoms with Gasteiger partial charge in [-0.3, -0.25) is 4.79 Å². The van der Waals surface area contributed by atoms with Crippen molar-refractivity contribution in [2.45, 2.75) is 31.8 Å². The van der Waals surface area contributed by atoms with Crippen LogP contribution >= 0.6 is 28.3 Å². The fraction of sp³-hybridized carbons (Fsp3) is 0.462. The van der Waals surface area contributed by atoms with Crippen LogP contribution in [0.25, 0.3) is 0 Å². The molecule has 2 unspecified atom stereocenters. The largest absolute Gasteiger partial charge is 0.507 e. The molecule has 1 fully saturated rings. The summed E-state index contributed by atoms with van der Waals surface area (Å²) >= 11 is 3.30. The van der Waals surface area contributed by atoms with E-state index in [9.17, 15) is 9.90 Å². The maximum absolute atomic E-state index is 12.1. The van der Waals surface area contributed by atoms with Crippen LogP contribution in [-0.2, 0) is 0 Å². The summed E-state index contributed by atoms with van der Waals surface area (Å²) in [6, 6.07) is 5.23. The summed E-state index contributed by atoms with van der Waals surface area (Å²) in [7, 11) is 0. The number of halogens is 2. The van der Waals surface area contributed by atoms with Gasteiger partial charge < -0.3 is 15.7 Å². The molecule has 1 aliphatic rings. The first-order valence-corrected chi connectivity index (χ1v) is 6.90. The van der Waals surface area contributed by atoms with Crippen LogP contribution in [0.15, 0.2) is 22.7 Å². The zero-order valence-corrected chi connectivity index (χ0v) is 13.1. The Hall–Kier alpha value is -0.780. The lowest BCUT2D eigenvalue weighted by Crippen LogP contribution is -2.51. The number of rotatable bonds is 2. The Morgan fingerprint density at radius 2 is 2.26 bits per heavy atom. The summed E-state index contributed by atoms with van der Waals surface area (Å²) in [5.41, 5.74) is 0.308. The first-order valence-electron chi connectivity index (χ1n) is 6.10. The van der Waals surface area contributed by atoms with Crippen LogP contribution in [0, 0.1) is 0 Å². The lowest BCUT2D eigenvalue weighted by atomic mass is 9.99. The Balaban J connectivity index is 0.00000180. The SMILES string of the molecule is CC1NCCCC1NC(=O)c1cc(Br)ccc1O.Cl. The zero-order valence-electron chi connectivity index (χ0n) is 10.6. The third-order valence-electron chi connectivity index (χ3n) is 3.28. The van der Waals surface area contributed by atoms with Gasteiger partial charge in [-0.05, 0) is 44.5 Å². The van der Waals surface area contributed by atoms with Crippen LogP contribution in [0.1, 0.15) is 30.1 Å². The number of nitrogens with one attached hydrogen (secondary N) is 2. The van der Waals surface area contributed by atoms with Crippen molar-refractivity contribution in [1.29, 1.82) is 0 Å². The van der Waals surface area contributed by atoms with Crippen LogP contribution in [0.2, 0.25) is 0 Å². The Kier molecular flexibility index (Phi) is 6.10. The van der Waals surface area contributed by atoms with E-state index >= 15 is 0 Å². The van der Waals surface area contributed by atoms with Crippen LogP contribution in [-0.4, -0.2) is 29.6 Å². The number of hydrogen-bond donors (Lipinski definition) is 3. The summed E-state index contributed by atoms with van der Waals surface area (Å²) < 4.78 is 0.778. The summed E-state index contributed by atoms with van der Waals surface area (Å²) in [6.07, 6.45) is 2.02. The van der Waals surface area contributed by atoms with Gasteiger partial charge in [-0.1, -0.05) is 15.9 Å². The minimum absolute atomic E-state index is 0. The highest BCUT2D eigenvalue weighted by atomic mass is 79.9. The Morgan fingerprint density at radius 1 is 1.53 bits per heavy atom. The number of phenolic OH excluding ortho intramolecular Hbond substituents is 1. The third-order valence-corrected chi connectivity index (χ3v) is 3.77. The molecular formula is C13H18BrClN2O2. The predicted molar refractivity (Wildman–Crippen MR) is 81.0 cm³/mol. The van der Waals surface area contributed by atoms with Gasteiger partial charge in [-0.15, -0.1) is 12.4 Å². The molecule has 0 spiro atoms.